The van der Waals surface area contributed by atoms with E-state index in [4.69, 9.17) is 11.6 Å². The number of aliphatic imine (C=N–C) groups is 1. The molecule has 0 saturated carbocycles. The Balaban J connectivity index is 1.80. The summed E-state index contributed by atoms with van der Waals surface area (Å²) in [4.78, 5) is 17.8. The molecule has 0 spiro atoms. The second-order valence-corrected chi connectivity index (χ2v) is 5.69. The first-order valence-corrected chi connectivity index (χ1v) is 7.24. The van der Waals surface area contributed by atoms with Crippen molar-refractivity contribution in [2.45, 2.75) is 6.54 Å². The minimum Gasteiger partial charge on any atom is -0.508 e. The molecule has 1 amide bonds. The summed E-state index contributed by atoms with van der Waals surface area (Å²) >= 11 is 6.56. The van der Waals surface area contributed by atoms with Crippen molar-refractivity contribution < 1.29 is 9.90 Å². The van der Waals surface area contributed by atoms with Gasteiger partial charge in [-0.25, -0.2) is 4.99 Å². The molecule has 1 saturated heterocycles. The number of phenols is 1. The van der Waals surface area contributed by atoms with E-state index in [1.165, 1.54) is 0 Å². The van der Waals surface area contributed by atoms with Gasteiger partial charge in [0.05, 0.1) is 10.7 Å². The van der Waals surface area contributed by atoms with Gasteiger partial charge in [0.25, 0.3) is 0 Å². The van der Waals surface area contributed by atoms with E-state index in [2.05, 4.69) is 10.3 Å². The summed E-state index contributed by atoms with van der Waals surface area (Å²) in [6, 6.07) is 10.7. The summed E-state index contributed by atoms with van der Waals surface area (Å²) in [6.45, 7) is 0.857. The highest BCUT2D eigenvalue weighted by Crippen LogP contribution is 2.39. The van der Waals surface area contributed by atoms with Crippen LogP contribution in [0.25, 0.3) is 11.1 Å². The molecule has 6 heteroatoms. The van der Waals surface area contributed by atoms with Gasteiger partial charge in [-0.1, -0.05) is 29.8 Å². The van der Waals surface area contributed by atoms with Crippen molar-refractivity contribution in [3.05, 3.63) is 47.0 Å². The van der Waals surface area contributed by atoms with Crippen molar-refractivity contribution in [1.82, 2.24) is 10.2 Å². The maximum Gasteiger partial charge on any atom is 0.246 e. The molecule has 0 radical (unpaired) electrons. The standard InChI is InChI=1S/C16H12ClN3O2/c17-15-11(9-1-3-10(21)4-2-9)5-6-13-12(15)7-20-8-14(22)19-16(20)18-13/h1-6,21H,7-8H2,(H,18,19,22). The van der Waals surface area contributed by atoms with Crippen molar-refractivity contribution >= 4 is 29.2 Å². The number of guanidine groups is 1. The lowest BCUT2D eigenvalue weighted by atomic mass is 10.0. The molecule has 0 atom stereocenters. The summed E-state index contributed by atoms with van der Waals surface area (Å²) < 4.78 is 0. The van der Waals surface area contributed by atoms with Gasteiger partial charge in [0.2, 0.25) is 11.9 Å². The number of nitrogens with zero attached hydrogens (tertiary/aromatic N) is 2. The van der Waals surface area contributed by atoms with Gasteiger partial charge in [0, 0.05) is 17.7 Å². The first-order valence-electron chi connectivity index (χ1n) is 6.86. The maximum atomic E-state index is 11.5. The number of carbonyl (C=O) groups excluding carboxylic acids is 1. The fourth-order valence-corrected chi connectivity index (χ4v) is 3.08. The van der Waals surface area contributed by atoms with E-state index in [0.29, 0.717) is 24.1 Å². The topological polar surface area (TPSA) is 64.9 Å². The van der Waals surface area contributed by atoms with E-state index < -0.39 is 0 Å². The average Bonchev–Trinajstić information content (AvgIpc) is 2.86. The zero-order chi connectivity index (χ0) is 15.3. The third-order valence-electron chi connectivity index (χ3n) is 3.86. The number of nitrogens with one attached hydrogen (secondary N) is 1. The Bertz CT molecular complexity index is 815. The number of fused-ring (bicyclic) bond motifs is 2. The van der Waals surface area contributed by atoms with Crippen LogP contribution in [0.3, 0.4) is 0 Å². The van der Waals surface area contributed by atoms with Crippen molar-refractivity contribution in [3.8, 4) is 16.9 Å². The summed E-state index contributed by atoms with van der Waals surface area (Å²) in [5, 5.41) is 12.8. The van der Waals surface area contributed by atoms with Crippen LogP contribution in [0.5, 0.6) is 5.75 Å². The third-order valence-corrected chi connectivity index (χ3v) is 4.29. The molecule has 2 heterocycles. The highest BCUT2D eigenvalue weighted by atomic mass is 35.5. The van der Waals surface area contributed by atoms with Crippen LogP contribution in [0, 0.1) is 0 Å². The lowest BCUT2D eigenvalue weighted by Crippen LogP contribution is -2.32. The number of hydrogen-bond donors (Lipinski definition) is 2. The number of hydrogen-bond acceptors (Lipinski definition) is 4. The number of halogens is 1. The predicted octanol–water partition coefficient (Wildman–Crippen LogP) is 2.65. The van der Waals surface area contributed by atoms with Crippen molar-refractivity contribution in [2.24, 2.45) is 4.99 Å². The monoisotopic (exact) mass is 313 g/mol. The molecule has 1 fully saturated rings. The quantitative estimate of drug-likeness (QED) is 0.850. The second kappa shape index (κ2) is 4.74. The van der Waals surface area contributed by atoms with Crippen LogP contribution in [0.1, 0.15) is 5.56 Å². The predicted molar refractivity (Wildman–Crippen MR) is 84.2 cm³/mol. The molecular formula is C16H12ClN3O2. The zero-order valence-corrected chi connectivity index (χ0v) is 12.3. The van der Waals surface area contributed by atoms with E-state index >= 15 is 0 Å². The Labute approximate surface area is 131 Å². The van der Waals surface area contributed by atoms with Gasteiger partial charge in [0.1, 0.15) is 12.3 Å². The molecule has 4 rings (SSSR count). The van der Waals surface area contributed by atoms with E-state index in [1.807, 2.05) is 29.2 Å². The van der Waals surface area contributed by atoms with Crippen LogP contribution in [-0.2, 0) is 11.3 Å². The SMILES string of the molecule is O=C1CN2Cc3c(ccc(-c4ccc(O)cc4)c3Cl)N=C2N1. The van der Waals surface area contributed by atoms with Gasteiger partial charge in [-0.2, -0.15) is 0 Å². The lowest BCUT2D eigenvalue weighted by molar-refractivity contribution is -0.118. The van der Waals surface area contributed by atoms with Crippen molar-refractivity contribution in [3.63, 3.8) is 0 Å². The molecule has 2 aromatic carbocycles. The molecule has 2 aliphatic heterocycles. The summed E-state index contributed by atoms with van der Waals surface area (Å²) in [7, 11) is 0. The Morgan fingerprint density at radius 1 is 1.14 bits per heavy atom. The summed E-state index contributed by atoms with van der Waals surface area (Å²) in [6.07, 6.45) is 0. The van der Waals surface area contributed by atoms with Gasteiger partial charge in [0.15, 0.2) is 0 Å². The minimum atomic E-state index is -0.0542. The number of amides is 1. The van der Waals surface area contributed by atoms with Gasteiger partial charge in [-0.3, -0.25) is 10.1 Å². The average molecular weight is 314 g/mol. The number of carbonyl (C=O) groups is 1. The maximum absolute atomic E-state index is 11.5. The number of benzene rings is 2. The summed E-state index contributed by atoms with van der Waals surface area (Å²) in [5.74, 6) is 0.751. The van der Waals surface area contributed by atoms with Crippen LogP contribution in [0.2, 0.25) is 5.02 Å². The van der Waals surface area contributed by atoms with E-state index in [-0.39, 0.29) is 11.7 Å². The third kappa shape index (κ3) is 2.02. The van der Waals surface area contributed by atoms with E-state index in [9.17, 15) is 9.90 Å². The molecule has 0 unspecified atom stereocenters. The number of rotatable bonds is 1. The van der Waals surface area contributed by atoms with Crippen molar-refractivity contribution in [1.29, 1.82) is 0 Å². The molecule has 0 bridgehead atoms. The molecule has 2 N–H and O–H groups in total. The molecule has 0 aliphatic carbocycles. The molecule has 0 aromatic heterocycles. The van der Waals surface area contributed by atoms with Gasteiger partial charge in [-0.15, -0.1) is 0 Å². The Hall–Kier alpha value is -2.53. The van der Waals surface area contributed by atoms with Crippen LogP contribution in [0.4, 0.5) is 5.69 Å². The van der Waals surface area contributed by atoms with Crippen molar-refractivity contribution in [2.75, 3.05) is 6.54 Å². The highest BCUT2D eigenvalue weighted by molar-refractivity contribution is 6.34. The normalized spacial score (nSPS) is 16.0. The minimum absolute atomic E-state index is 0.0542. The molecule has 22 heavy (non-hydrogen) atoms. The Morgan fingerprint density at radius 2 is 1.91 bits per heavy atom. The van der Waals surface area contributed by atoms with E-state index in [1.54, 1.807) is 12.1 Å². The van der Waals surface area contributed by atoms with Crippen LogP contribution >= 0.6 is 11.6 Å². The number of phenolic OH excluding ortho intramolecular Hbond substituents is 1. The Morgan fingerprint density at radius 3 is 2.68 bits per heavy atom. The molecular weight excluding hydrogens is 302 g/mol. The van der Waals surface area contributed by atoms with Gasteiger partial charge in [-0.05, 0) is 23.8 Å². The lowest BCUT2D eigenvalue weighted by Gasteiger charge is -2.24. The number of aromatic hydroxyl groups is 1. The molecule has 110 valence electrons. The van der Waals surface area contributed by atoms with Crippen LogP contribution in [-0.4, -0.2) is 28.4 Å². The van der Waals surface area contributed by atoms with Gasteiger partial charge >= 0.3 is 0 Å². The van der Waals surface area contributed by atoms with Crippen LogP contribution in [0.15, 0.2) is 41.4 Å². The molecule has 2 aliphatic rings. The molecule has 5 nitrogen and oxygen atoms in total. The first-order chi connectivity index (χ1) is 10.6. The van der Waals surface area contributed by atoms with Crippen LogP contribution < -0.4 is 5.32 Å². The zero-order valence-electron chi connectivity index (χ0n) is 11.5. The van der Waals surface area contributed by atoms with E-state index in [0.717, 1.165) is 22.4 Å². The highest BCUT2D eigenvalue weighted by Gasteiger charge is 2.30. The van der Waals surface area contributed by atoms with Gasteiger partial charge < -0.3 is 10.0 Å². The fraction of sp³-hybridized carbons (Fsp3) is 0.125. The molecule has 2 aromatic rings. The second-order valence-electron chi connectivity index (χ2n) is 5.31. The largest absolute Gasteiger partial charge is 0.508 e. The first kappa shape index (κ1) is 13.2. The summed E-state index contributed by atoms with van der Waals surface area (Å²) in [5.41, 5.74) is 3.50. The smallest absolute Gasteiger partial charge is 0.246 e. The fourth-order valence-electron chi connectivity index (χ4n) is 2.76. The Kier molecular flexibility index (Phi) is 2.84.